The summed E-state index contributed by atoms with van der Waals surface area (Å²) in [6.07, 6.45) is 9.87. The standard InChI is InChI=1S/C30H40N4O2.2ClH/c1-33(2)19-26-29(35-20-22-6-7-22)13-11-25-28(32-36-30(25)26)12-8-21-14-16-34(17-15-21)18-24-4-3-5-27(31-24)23-9-10-23;;/h3-5,11,13,21-23H,6-10,12,14-20H2,1-2H3;2*1H. The molecule has 0 amide bonds. The number of nitrogens with zero attached hydrogens (tertiary/aromatic N) is 4. The molecule has 3 aliphatic rings. The Balaban J connectivity index is 0.00000168. The molecule has 8 heteroatoms. The van der Waals surface area contributed by atoms with Gasteiger partial charge in [0.25, 0.3) is 0 Å². The molecule has 3 heterocycles. The van der Waals surface area contributed by atoms with Gasteiger partial charge in [0, 0.05) is 30.1 Å². The van der Waals surface area contributed by atoms with E-state index in [1.807, 2.05) is 0 Å². The molecule has 38 heavy (non-hydrogen) atoms. The minimum atomic E-state index is 0. The third-order valence-electron chi connectivity index (χ3n) is 8.13. The van der Waals surface area contributed by atoms with Crippen LogP contribution >= 0.6 is 24.8 Å². The highest BCUT2D eigenvalue weighted by molar-refractivity contribution is 5.86. The average Bonchev–Trinajstić information content (AvgIpc) is 3.81. The van der Waals surface area contributed by atoms with Gasteiger partial charge in [-0.2, -0.15) is 0 Å². The number of benzene rings is 1. The monoisotopic (exact) mass is 560 g/mol. The van der Waals surface area contributed by atoms with Crippen molar-refractivity contribution < 1.29 is 9.26 Å². The lowest BCUT2D eigenvalue weighted by Crippen LogP contribution is -2.33. The van der Waals surface area contributed by atoms with Gasteiger partial charge in [-0.25, -0.2) is 0 Å². The molecule has 6 nitrogen and oxygen atoms in total. The summed E-state index contributed by atoms with van der Waals surface area (Å²) in [6, 6.07) is 10.9. The molecule has 3 fully saturated rings. The first kappa shape index (κ1) is 29.1. The number of likely N-dealkylation sites (tertiary alicyclic amines) is 1. The molecule has 0 N–H and O–H groups in total. The Morgan fingerprint density at radius 3 is 2.47 bits per heavy atom. The van der Waals surface area contributed by atoms with E-state index in [2.05, 4.69) is 59.4 Å². The molecule has 1 aliphatic heterocycles. The number of hydrogen-bond acceptors (Lipinski definition) is 6. The van der Waals surface area contributed by atoms with Gasteiger partial charge in [0.15, 0.2) is 5.58 Å². The SMILES string of the molecule is CN(C)Cc1c(OCC2CC2)ccc2c(CCC3CCN(Cc4cccc(C5CC5)n4)CC3)noc12.Cl.Cl. The van der Waals surface area contributed by atoms with Gasteiger partial charge < -0.3 is 14.2 Å². The maximum Gasteiger partial charge on any atom is 0.175 e. The van der Waals surface area contributed by atoms with Crippen LogP contribution in [0.2, 0.25) is 0 Å². The summed E-state index contributed by atoms with van der Waals surface area (Å²) in [5.41, 5.74) is 5.67. The lowest BCUT2D eigenvalue weighted by Gasteiger charge is -2.31. The summed E-state index contributed by atoms with van der Waals surface area (Å²) < 4.78 is 12.1. The Morgan fingerprint density at radius 2 is 1.76 bits per heavy atom. The normalized spacial score (nSPS) is 18.4. The number of halogens is 2. The molecule has 2 aliphatic carbocycles. The fraction of sp³-hybridized carbons (Fsp3) is 0.600. The van der Waals surface area contributed by atoms with Gasteiger partial charge in [0.05, 0.1) is 23.6 Å². The first-order valence-electron chi connectivity index (χ1n) is 14.0. The summed E-state index contributed by atoms with van der Waals surface area (Å²) in [6.45, 7) is 4.92. The smallest absolute Gasteiger partial charge is 0.175 e. The van der Waals surface area contributed by atoms with Gasteiger partial charge in [0.1, 0.15) is 5.75 Å². The van der Waals surface area contributed by atoms with Crippen LogP contribution in [0, 0.1) is 11.8 Å². The molecule has 208 valence electrons. The van der Waals surface area contributed by atoms with Crippen molar-refractivity contribution in [3.05, 3.63) is 53.0 Å². The summed E-state index contributed by atoms with van der Waals surface area (Å²) in [5.74, 6) is 3.16. The molecule has 0 unspecified atom stereocenters. The van der Waals surface area contributed by atoms with Crippen LogP contribution in [0.5, 0.6) is 5.75 Å². The number of piperidine rings is 1. The predicted molar refractivity (Wildman–Crippen MR) is 157 cm³/mol. The van der Waals surface area contributed by atoms with E-state index in [-0.39, 0.29) is 24.8 Å². The zero-order chi connectivity index (χ0) is 24.5. The molecule has 6 rings (SSSR count). The molecule has 0 atom stereocenters. The van der Waals surface area contributed by atoms with E-state index in [0.717, 1.165) is 84.9 Å². The van der Waals surface area contributed by atoms with Crippen LogP contribution in [0.1, 0.15) is 73.5 Å². The summed E-state index contributed by atoms with van der Waals surface area (Å²) in [5, 5.41) is 5.68. The maximum atomic E-state index is 6.18. The van der Waals surface area contributed by atoms with Gasteiger partial charge >= 0.3 is 0 Å². The quantitative estimate of drug-likeness (QED) is 0.262. The number of aryl methyl sites for hydroxylation is 1. The first-order valence-corrected chi connectivity index (χ1v) is 14.0. The fourth-order valence-electron chi connectivity index (χ4n) is 5.56. The van der Waals surface area contributed by atoms with Gasteiger partial charge in [-0.3, -0.25) is 9.88 Å². The van der Waals surface area contributed by atoms with Gasteiger partial charge in [0.2, 0.25) is 0 Å². The second kappa shape index (κ2) is 13.0. The molecule has 1 saturated heterocycles. The van der Waals surface area contributed by atoms with E-state index in [1.165, 1.54) is 56.3 Å². The van der Waals surface area contributed by atoms with E-state index in [9.17, 15) is 0 Å². The van der Waals surface area contributed by atoms with Gasteiger partial charge in [-0.15, -0.1) is 24.8 Å². The topological polar surface area (TPSA) is 54.6 Å². The van der Waals surface area contributed by atoms with Crippen LogP contribution in [0.25, 0.3) is 11.0 Å². The molecule has 2 saturated carbocycles. The van der Waals surface area contributed by atoms with Crippen molar-refractivity contribution >= 4 is 35.8 Å². The molecule has 3 aromatic rings. The van der Waals surface area contributed by atoms with Crippen molar-refractivity contribution in [1.82, 2.24) is 19.9 Å². The summed E-state index contributed by atoms with van der Waals surface area (Å²) >= 11 is 0. The summed E-state index contributed by atoms with van der Waals surface area (Å²) in [4.78, 5) is 9.68. The Morgan fingerprint density at radius 1 is 0.974 bits per heavy atom. The van der Waals surface area contributed by atoms with Crippen LogP contribution in [0.3, 0.4) is 0 Å². The highest BCUT2D eigenvalue weighted by Crippen LogP contribution is 2.39. The third kappa shape index (κ3) is 7.20. The van der Waals surface area contributed by atoms with Crippen molar-refractivity contribution in [2.75, 3.05) is 33.8 Å². The number of rotatable bonds is 11. The van der Waals surface area contributed by atoms with E-state index in [4.69, 9.17) is 14.2 Å². The largest absolute Gasteiger partial charge is 0.493 e. The molecular formula is C30H42Cl2N4O2. The zero-order valence-corrected chi connectivity index (χ0v) is 24.4. The highest BCUT2D eigenvalue weighted by Gasteiger charge is 2.26. The lowest BCUT2D eigenvalue weighted by atomic mass is 9.91. The van der Waals surface area contributed by atoms with Crippen LogP contribution < -0.4 is 4.74 Å². The van der Waals surface area contributed by atoms with Gasteiger partial charge in [-0.05, 0) is 115 Å². The number of aromatic nitrogens is 2. The minimum Gasteiger partial charge on any atom is -0.493 e. The summed E-state index contributed by atoms with van der Waals surface area (Å²) in [7, 11) is 4.18. The van der Waals surface area contributed by atoms with Crippen molar-refractivity contribution in [2.45, 2.75) is 70.4 Å². The first-order chi connectivity index (χ1) is 17.6. The van der Waals surface area contributed by atoms with E-state index >= 15 is 0 Å². The van der Waals surface area contributed by atoms with Crippen molar-refractivity contribution in [1.29, 1.82) is 0 Å². The van der Waals surface area contributed by atoms with Crippen LogP contribution in [-0.2, 0) is 19.5 Å². The Hall–Kier alpha value is -1.86. The third-order valence-corrected chi connectivity index (χ3v) is 8.13. The number of hydrogen-bond donors (Lipinski definition) is 0. The average molecular weight is 562 g/mol. The molecule has 2 aromatic heterocycles. The lowest BCUT2D eigenvalue weighted by molar-refractivity contribution is 0.170. The minimum absolute atomic E-state index is 0. The Bertz CT molecular complexity index is 1180. The van der Waals surface area contributed by atoms with E-state index < -0.39 is 0 Å². The van der Waals surface area contributed by atoms with Crippen LogP contribution in [0.4, 0.5) is 0 Å². The number of pyridine rings is 1. The zero-order valence-electron chi connectivity index (χ0n) is 22.7. The molecule has 0 bridgehead atoms. The van der Waals surface area contributed by atoms with E-state index in [0.29, 0.717) is 0 Å². The van der Waals surface area contributed by atoms with Crippen molar-refractivity contribution in [3.63, 3.8) is 0 Å². The second-order valence-electron chi connectivity index (χ2n) is 11.6. The molecule has 0 radical (unpaired) electrons. The molecular weight excluding hydrogens is 519 g/mol. The fourth-order valence-corrected chi connectivity index (χ4v) is 5.56. The van der Waals surface area contributed by atoms with Crippen LogP contribution in [0.15, 0.2) is 34.9 Å². The van der Waals surface area contributed by atoms with E-state index in [1.54, 1.807) is 0 Å². The number of ether oxygens (including phenoxy) is 1. The maximum absolute atomic E-state index is 6.18. The van der Waals surface area contributed by atoms with Crippen LogP contribution in [-0.4, -0.2) is 53.7 Å². The van der Waals surface area contributed by atoms with Gasteiger partial charge in [-0.1, -0.05) is 11.2 Å². The highest BCUT2D eigenvalue weighted by atomic mass is 35.5. The number of fused-ring (bicyclic) bond motifs is 1. The van der Waals surface area contributed by atoms with Crippen molar-refractivity contribution in [3.8, 4) is 5.75 Å². The predicted octanol–water partition coefficient (Wildman–Crippen LogP) is 6.64. The molecule has 1 aromatic carbocycles. The Labute approximate surface area is 239 Å². The molecule has 0 spiro atoms. The van der Waals surface area contributed by atoms with Crippen molar-refractivity contribution in [2.24, 2.45) is 11.8 Å². The second-order valence-corrected chi connectivity index (χ2v) is 11.6. The Kier molecular flexibility index (Phi) is 9.96.